The molecule has 0 saturated heterocycles. The Balaban J connectivity index is 3.02. The van der Waals surface area contributed by atoms with E-state index in [0.29, 0.717) is 12.2 Å². The third-order valence-corrected chi connectivity index (χ3v) is 2.34. The van der Waals surface area contributed by atoms with Gasteiger partial charge in [-0.05, 0) is 18.6 Å². The SMILES string of the molecule is CCCN(CCO)c1ccccc1C(=O)O. The lowest BCUT2D eigenvalue weighted by Crippen LogP contribution is -2.29. The molecule has 0 fully saturated rings. The highest BCUT2D eigenvalue weighted by Crippen LogP contribution is 2.20. The first-order valence-electron chi connectivity index (χ1n) is 5.38. The van der Waals surface area contributed by atoms with E-state index in [0.717, 1.165) is 13.0 Å². The van der Waals surface area contributed by atoms with E-state index in [1.165, 1.54) is 0 Å². The van der Waals surface area contributed by atoms with E-state index in [9.17, 15) is 4.79 Å². The minimum absolute atomic E-state index is 0.0218. The van der Waals surface area contributed by atoms with Gasteiger partial charge in [-0.25, -0.2) is 4.79 Å². The zero-order chi connectivity index (χ0) is 12.0. The van der Waals surface area contributed by atoms with Gasteiger partial charge in [-0.2, -0.15) is 0 Å². The predicted octanol–water partition coefficient (Wildman–Crippen LogP) is 1.59. The number of para-hydroxylation sites is 1. The summed E-state index contributed by atoms with van der Waals surface area (Å²) < 4.78 is 0. The molecule has 0 spiro atoms. The summed E-state index contributed by atoms with van der Waals surface area (Å²) >= 11 is 0. The second-order valence-electron chi connectivity index (χ2n) is 3.53. The van der Waals surface area contributed by atoms with Crippen molar-refractivity contribution in [3.8, 4) is 0 Å². The summed E-state index contributed by atoms with van der Waals surface area (Å²) in [5.74, 6) is -0.936. The Morgan fingerprint density at radius 2 is 2.00 bits per heavy atom. The monoisotopic (exact) mass is 223 g/mol. The van der Waals surface area contributed by atoms with Crippen molar-refractivity contribution in [2.75, 3.05) is 24.6 Å². The number of carbonyl (C=O) groups is 1. The van der Waals surface area contributed by atoms with Gasteiger partial charge in [-0.3, -0.25) is 0 Å². The second kappa shape index (κ2) is 6.12. The van der Waals surface area contributed by atoms with E-state index in [2.05, 4.69) is 0 Å². The molecule has 1 aromatic carbocycles. The van der Waals surface area contributed by atoms with E-state index in [1.54, 1.807) is 18.2 Å². The standard InChI is InChI=1S/C12H17NO3/c1-2-7-13(8-9-14)11-6-4-3-5-10(11)12(15)16/h3-6,14H,2,7-9H2,1H3,(H,15,16). The number of aliphatic hydroxyl groups is 1. The van der Waals surface area contributed by atoms with Gasteiger partial charge >= 0.3 is 5.97 Å². The van der Waals surface area contributed by atoms with Gasteiger partial charge in [-0.15, -0.1) is 0 Å². The molecular weight excluding hydrogens is 206 g/mol. The molecule has 0 aliphatic heterocycles. The molecule has 2 N–H and O–H groups in total. The van der Waals surface area contributed by atoms with Crippen LogP contribution < -0.4 is 4.90 Å². The van der Waals surface area contributed by atoms with E-state index < -0.39 is 5.97 Å². The Bertz CT molecular complexity index is 346. The fourth-order valence-electron chi connectivity index (χ4n) is 1.67. The zero-order valence-electron chi connectivity index (χ0n) is 9.39. The van der Waals surface area contributed by atoms with Crippen LogP contribution in [0, 0.1) is 0 Å². The lowest BCUT2D eigenvalue weighted by molar-refractivity contribution is 0.0697. The second-order valence-corrected chi connectivity index (χ2v) is 3.53. The van der Waals surface area contributed by atoms with Crippen LogP contribution in [0.25, 0.3) is 0 Å². The maximum Gasteiger partial charge on any atom is 0.337 e. The Morgan fingerprint density at radius 1 is 1.31 bits per heavy atom. The molecule has 1 rings (SSSR count). The van der Waals surface area contributed by atoms with Gasteiger partial charge in [0.1, 0.15) is 0 Å². The van der Waals surface area contributed by atoms with E-state index in [-0.39, 0.29) is 12.2 Å². The number of anilines is 1. The zero-order valence-corrected chi connectivity index (χ0v) is 9.39. The number of benzene rings is 1. The van der Waals surface area contributed by atoms with Crippen molar-refractivity contribution in [2.24, 2.45) is 0 Å². The maximum atomic E-state index is 11.0. The maximum absolute atomic E-state index is 11.0. The normalized spacial score (nSPS) is 10.1. The number of nitrogens with zero attached hydrogens (tertiary/aromatic N) is 1. The minimum atomic E-state index is -0.936. The average Bonchev–Trinajstić information content (AvgIpc) is 2.29. The fourth-order valence-corrected chi connectivity index (χ4v) is 1.67. The van der Waals surface area contributed by atoms with Crippen molar-refractivity contribution in [3.63, 3.8) is 0 Å². The molecule has 0 radical (unpaired) electrons. The molecule has 1 aromatic rings. The van der Waals surface area contributed by atoms with Crippen LogP contribution in [0.4, 0.5) is 5.69 Å². The molecule has 0 heterocycles. The summed E-state index contributed by atoms with van der Waals surface area (Å²) in [4.78, 5) is 12.9. The van der Waals surface area contributed by atoms with Crippen LogP contribution in [0.2, 0.25) is 0 Å². The molecule has 4 nitrogen and oxygen atoms in total. The first kappa shape index (κ1) is 12.5. The number of hydrogen-bond donors (Lipinski definition) is 2. The summed E-state index contributed by atoms with van der Waals surface area (Å²) in [6.45, 7) is 3.24. The van der Waals surface area contributed by atoms with Crippen LogP contribution in [0.1, 0.15) is 23.7 Å². The number of aromatic carboxylic acids is 1. The lowest BCUT2D eigenvalue weighted by atomic mass is 10.1. The van der Waals surface area contributed by atoms with Crippen LogP contribution in [-0.4, -0.2) is 35.9 Å². The molecule has 0 aliphatic rings. The van der Waals surface area contributed by atoms with Crippen molar-refractivity contribution in [1.82, 2.24) is 0 Å². The highest BCUT2D eigenvalue weighted by atomic mass is 16.4. The largest absolute Gasteiger partial charge is 0.478 e. The van der Waals surface area contributed by atoms with Crippen molar-refractivity contribution in [2.45, 2.75) is 13.3 Å². The van der Waals surface area contributed by atoms with Gasteiger partial charge in [-0.1, -0.05) is 19.1 Å². The smallest absolute Gasteiger partial charge is 0.337 e. The third kappa shape index (κ3) is 2.97. The highest BCUT2D eigenvalue weighted by Gasteiger charge is 2.14. The number of hydrogen-bond acceptors (Lipinski definition) is 3. The Labute approximate surface area is 95.1 Å². The fraction of sp³-hybridized carbons (Fsp3) is 0.417. The van der Waals surface area contributed by atoms with Crippen molar-refractivity contribution >= 4 is 11.7 Å². The summed E-state index contributed by atoms with van der Waals surface area (Å²) in [7, 11) is 0. The molecule has 0 amide bonds. The van der Waals surface area contributed by atoms with E-state index in [4.69, 9.17) is 10.2 Å². The predicted molar refractivity (Wildman–Crippen MR) is 63.0 cm³/mol. The lowest BCUT2D eigenvalue weighted by Gasteiger charge is -2.24. The van der Waals surface area contributed by atoms with Crippen LogP contribution in [-0.2, 0) is 0 Å². The summed E-state index contributed by atoms with van der Waals surface area (Å²) in [5.41, 5.74) is 0.954. The summed E-state index contributed by atoms with van der Waals surface area (Å²) in [6.07, 6.45) is 0.911. The third-order valence-electron chi connectivity index (χ3n) is 2.34. The van der Waals surface area contributed by atoms with Crippen LogP contribution in [0.3, 0.4) is 0 Å². The van der Waals surface area contributed by atoms with Crippen LogP contribution in [0.15, 0.2) is 24.3 Å². The molecule has 0 atom stereocenters. The summed E-state index contributed by atoms with van der Waals surface area (Å²) in [5, 5.41) is 18.0. The quantitative estimate of drug-likeness (QED) is 0.769. The summed E-state index contributed by atoms with van der Waals surface area (Å²) in [6, 6.07) is 6.87. The molecular formula is C12H17NO3. The number of carboxylic acid groups (broad SMARTS) is 1. The topological polar surface area (TPSA) is 60.8 Å². The number of carboxylic acids is 1. The molecule has 4 heteroatoms. The van der Waals surface area contributed by atoms with Gasteiger partial charge in [0.15, 0.2) is 0 Å². The van der Waals surface area contributed by atoms with Crippen molar-refractivity contribution < 1.29 is 15.0 Å². The average molecular weight is 223 g/mol. The molecule has 0 bridgehead atoms. The number of rotatable bonds is 6. The Kier molecular flexibility index (Phi) is 4.79. The van der Waals surface area contributed by atoms with Crippen LogP contribution >= 0.6 is 0 Å². The van der Waals surface area contributed by atoms with E-state index in [1.807, 2.05) is 17.9 Å². The molecule has 0 unspecified atom stereocenters. The van der Waals surface area contributed by atoms with Gasteiger partial charge in [0.25, 0.3) is 0 Å². The molecule has 0 aliphatic carbocycles. The highest BCUT2D eigenvalue weighted by molar-refractivity contribution is 5.94. The number of aliphatic hydroxyl groups excluding tert-OH is 1. The Morgan fingerprint density at radius 3 is 2.56 bits per heavy atom. The molecule has 16 heavy (non-hydrogen) atoms. The Hall–Kier alpha value is -1.55. The van der Waals surface area contributed by atoms with Gasteiger partial charge < -0.3 is 15.1 Å². The minimum Gasteiger partial charge on any atom is -0.478 e. The first-order chi connectivity index (χ1) is 7.70. The van der Waals surface area contributed by atoms with Crippen LogP contribution in [0.5, 0.6) is 0 Å². The van der Waals surface area contributed by atoms with Gasteiger partial charge in [0.2, 0.25) is 0 Å². The van der Waals surface area contributed by atoms with Crippen molar-refractivity contribution in [1.29, 1.82) is 0 Å². The van der Waals surface area contributed by atoms with Gasteiger partial charge in [0.05, 0.1) is 17.9 Å². The van der Waals surface area contributed by atoms with Gasteiger partial charge in [0, 0.05) is 13.1 Å². The van der Waals surface area contributed by atoms with E-state index >= 15 is 0 Å². The molecule has 88 valence electrons. The molecule has 0 saturated carbocycles. The first-order valence-corrected chi connectivity index (χ1v) is 5.38. The molecule has 0 aromatic heterocycles. The van der Waals surface area contributed by atoms with Crippen molar-refractivity contribution in [3.05, 3.63) is 29.8 Å².